The van der Waals surface area contributed by atoms with Gasteiger partial charge < -0.3 is 78.8 Å². The van der Waals surface area contributed by atoms with Crippen LogP contribution in [-0.2, 0) is 82.5 Å². The van der Waals surface area contributed by atoms with Crippen molar-refractivity contribution in [2.75, 3.05) is 38.5 Å². The second kappa shape index (κ2) is 27.5. The van der Waals surface area contributed by atoms with Gasteiger partial charge in [0, 0.05) is 39.3 Å². The molecule has 3 heterocycles. The van der Waals surface area contributed by atoms with Crippen LogP contribution in [0.1, 0.15) is 146 Å². The third-order valence-electron chi connectivity index (χ3n) is 14.6. The summed E-state index contributed by atoms with van der Waals surface area (Å²) < 4.78 is 5.27. The van der Waals surface area contributed by atoms with Crippen LogP contribution in [0.4, 0.5) is 62.9 Å². The molecule has 0 atom stereocenters. The fourth-order valence-corrected chi connectivity index (χ4v) is 10.9. The van der Waals surface area contributed by atoms with Crippen LogP contribution in [-0.4, -0.2) is 70.9 Å². The first-order valence-corrected chi connectivity index (χ1v) is 27.6. The lowest BCUT2D eigenvalue weighted by molar-refractivity contribution is 0.0525. The minimum absolute atomic E-state index is 0.0398. The average molecular weight is 1140 g/mol. The Balaban J connectivity index is 1.48. The van der Waals surface area contributed by atoms with E-state index in [2.05, 4.69) is 63.8 Å². The SMILES string of the molecule is CCOC(=O)c1ccc2c(c1)NC(=O)NCc1c(CC)c3c(CC)c(c1CC)CNC(=O)Nc1cc(C(=O)O)ccc1NC(=O)NCc1c(CC)c(c(CC)c(c1CC)CNC(=O)N2)CNC(=O)Nc1ccc(C(=O)O)cc1NC(=O)NC3. The molecule has 12 amide bonds. The minimum Gasteiger partial charge on any atom is -0.478 e. The zero-order valence-corrected chi connectivity index (χ0v) is 47.4. The van der Waals surface area contributed by atoms with Crippen LogP contribution < -0.4 is 63.8 Å². The van der Waals surface area contributed by atoms with Crippen molar-refractivity contribution in [3.63, 3.8) is 0 Å². The molecule has 0 unspecified atom stereocenters. The lowest BCUT2D eigenvalue weighted by Gasteiger charge is -2.27. The molecule has 6 bridgehead atoms. The van der Waals surface area contributed by atoms with E-state index < -0.39 is 54.1 Å². The molecule has 14 N–H and O–H groups in total. The maximum Gasteiger partial charge on any atom is 0.338 e. The van der Waals surface area contributed by atoms with Gasteiger partial charge in [0.25, 0.3) is 0 Å². The Hall–Kier alpha value is -9.87. The molecule has 5 aromatic carbocycles. The standard InChI is InChI=1S/C59H70N12O12/c1-8-33-39-24-60-54(77)66-45-18-15-30(51(72)73)21-48(45)69-57(80)63-27-42-36(11-4)43-28-64-58(81)70-49-22-31(52(74)75)16-19-46(49)67-55(78)61-25-40(33)35(10-3)41(34(39)9-2)26-62-56(79)68-47-20-17-32(53(76)83-14-7)23-50(47)71-59(82)65-29-44(37(42)12-5)38(43)13-6/h15-23H,8-14,24-29H2,1-7H3,(H,72,73)(H,74,75)(H2,60,66,77)(H2,61,67,78)(H2,62,68,79)(H2,63,69,80)(H2,64,70,81)(H2,65,71,82). The highest BCUT2D eigenvalue weighted by Crippen LogP contribution is 2.34. The fraction of sp³-hybridized carbons (Fsp3) is 0.339. The van der Waals surface area contributed by atoms with E-state index >= 15 is 0 Å². The molecule has 3 aliphatic heterocycles. The quantitative estimate of drug-likeness (QED) is 0.0582. The van der Waals surface area contributed by atoms with Crippen molar-refractivity contribution >= 4 is 88.2 Å². The van der Waals surface area contributed by atoms with E-state index in [4.69, 9.17) is 4.74 Å². The number of carboxylic acids is 2. The van der Waals surface area contributed by atoms with Gasteiger partial charge in [0.1, 0.15) is 0 Å². The molecule has 0 radical (unpaired) electrons. The molecule has 0 fully saturated rings. The van der Waals surface area contributed by atoms with Crippen molar-refractivity contribution in [2.45, 2.75) is 126 Å². The summed E-state index contributed by atoms with van der Waals surface area (Å²) in [5, 5.41) is 54.2. The summed E-state index contributed by atoms with van der Waals surface area (Å²) in [6, 6.07) is 7.63. The highest BCUT2D eigenvalue weighted by atomic mass is 16.5. The molecule has 83 heavy (non-hydrogen) atoms. The van der Waals surface area contributed by atoms with Crippen molar-refractivity contribution in [1.82, 2.24) is 31.9 Å². The Labute approximate surface area is 479 Å². The molecule has 0 saturated heterocycles. The number of carbonyl (C=O) groups is 9. The Bertz CT molecular complexity index is 3260. The van der Waals surface area contributed by atoms with Gasteiger partial charge in [-0.05, 0) is 167 Å². The second-order valence-electron chi connectivity index (χ2n) is 19.3. The maximum absolute atomic E-state index is 14.3. The smallest absolute Gasteiger partial charge is 0.338 e. The second-order valence-corrected chi connectivity index (χ2v) is 19.3. The maximum atomic E-state index is 14.3. The van der Waals surface area contributed by atoms with Crippen LogP contribution in [0.15, 0.2) is 54.6 Å². The number of fused-ring (bicyclic) bond motifs is 18. The van der Waals surface area contributed by atoms with Gasteiger partial charge in [-0.25, -0.2) is 43.2 Å². The highest BCUT2D eigenvalue weighted by Gasteiger charge is 2.27. The minimum atomic E-state index is -1.29. The van der Waals surface area contributed by atoms with E-state index in [0.717, 1.165) is 33.4 Å². The highest BCUT2D eigenvalue weighted by molar-refractivity contribution is 6.04. The number of hydrogen-bond acceptors (Lipinski definition) is 10. The van der Waals surface area contributed by atoms with Gasteiger partial charge >= 0.3 is 54.1 Å². The third-order valence-corrected chi connectivity index (χ3v) is 14.6. The molecule has 0 aliphatic carbocycles. The number of aromatic carboxylic acids is 2. The summed E-state index contributed by atoms with van der Waals surface area (Å²) in [6.45, 7) is 12.6. The Morgan fingerprint density at radius 1 is 0.349 bits per heavy atom. The van der Waals surface area contributed by atoms with E-state index in [0.29, 0.717) is 71.9 Å². The average Bonchev–Trinajstić information content (AvgIpc) is 3.09. The van der Waals surface area contributed by atoms with Crippen LogP contribution in [0.3, 0.4) is 0 Å². The number of nitrogens with one attached hydrogen (secondary N) is 12. The number of amides is 12. The summed E-state index contributed by atoms with van der Waals surface area (Å²) in [5.74, 6) is -3.25. The predicted molar refractivity (Wildman–Crippen MR) is 314 cm³/mol. The number of anilines is 6. The summed E-state index contributed by atoms with van der Waals surface area (Å²) in [6.07, 6.45) is 2.36. The predicted octanol–water partition coefficient (Wildman–Crippen LogP) is 9.19. The Kier molecular flexibility index (Phi) is 20.2. The van der Waals surface area contributed by atoms with Crippen LogP contribution in [0.25, 0.3) is 0 Å². The number of esters is 1. The molecule has 5 aromatic rings. The number of urea groups is 6. The van der Waals surface area contributed by atoms with Gasteiger partial charge in [-0.15, -0.1) is 0 Å². The largest absolute Gasteiger partial charge is 0.478 e. The topological polar surface area (TPSA) is 348 Å². The molecular formula is C59H70N12O12. The number of carboxylic acid groups (broad SMARTS) is 2. The summed E-state index contributed by atoms with van der Waals surface area (Å²) in [5.41, 5.74) is 8.46. The molecule has 8 rings (SSSR count). The molecule has 0 saturated carbocycles. The molecular weight excluding hydrogens is 1070 g/mol. The number of hydrogen-bond donors (Lipinski definition) is 14. The number of ether oxygens (including phenoxy) is 1. The zero-order chi connectivity index (χ0) is 60.1. The molecule has 0 spiro atoms. The molecule has 24 heteroatoms. The van der Waals surface area contributed by atoms with Crippen molar-refractivity contribution in [1.29, 1.82) is 0 Å². The monoisotopic (exact) mass is 1140 g/mol. The van der Waals surface area contributed by atoms with Crippen molar-refractivity contribution in [3.8, 4) is 0 Å². The van der Waals surface area contributed by atoms with E-state index in [1.807, 2.05) is 41.5 Å². The van der Waals surface area contributed by atoms with E-state index in [-0.39, 0.29) is 96.7 Å². The Morgan fingerprint density at radius 3 is 0.783 bits per heavy atom. The number of benzene rings is 5. The summed E-state index contributed by atoms with van der Waals surface area (Å²) in [7, 11) is 0. The summed E-state index contributed by atoms with van der Waals surface area (Å²) >= 11 is 0. The van der Waals surface area contributed by atoms with Crippen LogP contribution >= 0.6 is 0 Å². The van der Waals surface area contributed by atoms with E-state index in [1.54, 1.807) is 6.92 Å². The van der Waals surface area contributed by atoms with Crippen LogP contribution in [0.5, 0.6) is 0 Å². The first-order chi connectivity index (χ1) is 39.9. The van der Waals surface area contributed by atoms with E-state index in [9.17, 15) is 53.4 Å². The van der Waals surface area contributed by atoms with Gasteiger partial charge in [-0.1, -0.05) is 41.5 Å². The van der Waals surface area contributed by atoms with Gasteiger partial charge in [-0.3, -0.25) is 0 Å². The van der Waals surface area contributed by atoms with Crippen LogP contribution in [0.2, 0.25) is 0 Å². The normalized spacial score (nSPS) is 14.3. The van der Waals surface area contributed by atoms with Crippen molar-refractivity contribution < 1.29 is 58.1 Å². The van der Waals surface area contributed by atoms with Gasteiger partial charge in [0.15, 0.2) is 0 Å². The van der Waals surface area contributed by atoms with Crippen LogP contribution in [0, 0.1) is 0 Å². The Morgan fingerprint density at radius 2 is 0.566 bits per heavy atom. The van der Waals surface area contributed by atoms with Crippen molar-refractivity contribution in [2.24, 2.45) is 0 Å². The fourth-order valence-electron chi connectivity index (χ4n) is 10.9. The lowest BCUT2D eigenvalue weighted by Crippen LogP contribution is -2.35. The van der Waals surface area contributed by atoms with Gasteiger partial charge in [-0.2, -0.15) is 0 Å². The lowest BCUT2D eigenvalue weighted by atomic mass is 9.83. The number of rotatable bonds is 10. The summed E-state index contributed by atoms with van der Waals surface area (Å²) in [4.78, 5) is 123. The molecule has 438 valence electrons. The first-order valence-electron chi connectivity index (χ1n) is 27.6. The molecule has 3 aliphatic rings. The van der Waals surface area contributed by atoms with E-state index in [1.165, 1.54) is 54.6 Å². The van der Waals surface area contributed by atoms with Gasteiger partial charge in [0.2, 0.25) is 0 Å². The molecule has 24 nitrogen and oxygen atoms in total. The van der Waals surface area contributed by atoms with Crippen molar-refractivity contribution in [3.05, 3.63) is 138 Å². The van der Waals surface area contributed by atoms with Gasteiger partial charge in [0.05, 0.1) is 57.4 Å². The zero-order valence-electron chi connectivity index (χ0n) is 47.4. The number of carbonyl (C=O) groups excluding carboxylic acids is 7. The third kappa shape index (κ3) is 14.2. The molecule has 0 aromatic heterocycles. The first kappa shape index (κ1) is 60.8.